The second kappa shape index (κ2) is 6.57. The Morgan fingerprint density at radius 2 is 1.81 bits per heavy atom. The van der Waals surface area contributed by atoms with Crippen LogP contribution in [0.25, 0.3) is 11.4 Å². The molecule has 0 bridgehead atoms. The standard InChI is InChI=1S/C19H17F3N4/c20-19(21,22)16-7-4-8-23-18(16)17-11-15-13-25(9-10-26(15)24-17)12-14-5-2-1-3-6-14/h1-8,11H,9-10,12-13H2. The molecule has 0 spiro atoms. The first-order valence-electron chi connectivity index (χ1n) is 8.36. The predicted octanol–water partition coefficient (Wildman–Crippen LogP) is 3.98. The van der Waals surface area contributed by atoms with Gasteiger partial charge >= 0.3 is 6.18 Å². The highest BCUT2D eigenvalue weighted by Gasteiger charge is 2.35. The first-order chi connectivity index (χ1) is 12.5. The minimum atomic E-state index is -4.45. The molecule has 0 N–H and O–H groups in total. The van der Waals surface area contributed by atoms with Gasteiger partial charge in [0.2, 0.25) is 0 Å². The van der Waals surface area contributed by atoms with Crippen molar-refractivity contribution < 1.29 is 13.2 Å². The van der Waals surface area contributed by atoms with E-state index >= 15 is 0 Å². The molecule has 0 amide bonds. The molecule has 0 saturated carbocycles. The molecule has 4 nitrogen and oxygen atoms in total. The van der Waals surface area contributed by atoms with E-state index in [4.69, 9.17) is 0 Å². The van der Waals surface area contributed by atoms with Crippen LogP contribution in [-0.4, -0.2) is 26.2 Å². The lowest BCUT2D eigenvalue weighted by atomic mass is 10.1. The highest BCUT2D eigenvalue weighted by atomic mass is 19.4. The van der Waals surface area contributed by atoms with Gasteiger partial charge < -0.3 is 0 Å². The zero-order valence-corrected chi connectivity index (χ0v) is 13.9. The molecule has 134 valence electrons. The van der Waals surface area contributed by atoms with E-state index in [1.807, 2.05) is 18.2 Å². The minimum absolute atomic E-state index is 0.114. The summed E-state index contributed by atoms with van der Waals surface area (Å²) in [5.41, 5.74) is 1.52. The molecule has 0 fully saturated rings. The Kier molecular flexibility index (Phi) is 4.24. The fourth-order valence-corrected chi connectivity index (χ4v) is 3.25. The van der Waals surface area contributed by atoms with Crippen LogP contribution in [-0.2, 0) is 25.8 Å². The molecule has 1 aromatic carbocycles. The summed E-state index contributed by atoms with van der Waals surface area (Å²) in [7, 11) is 0. The quantitative estimate of drug-likeness (QED) is 0.710. The average Bonchev–Trinajstić information content (AvgIpc) is 3.05. The second-order valence-corrected chi connectivity index (χ2v) is 6.34. The van der Waals surface area contributed by atoms with Gasteiger partial charge in [-0.1, -0.05) is 30.3 Å². The van der Waals surface area contributed by atoms with Crippen LogP contribution in [0.5, 0.6) is 0 Å². The Morgan fingerprint density at radius 3 is 2.58 bits per heavy atom. The zero-order chi connectivity index (χ0) is 18.1. The van der Waals surface area contributed by atoms with Gasteiger partial charge in [0, 0.05) is 25.8 Å². The van der Waals surface area contributed by atoms with Crippen LogP contribution < -0.4 is 0 Å². The maximum absolute atomic E-state index is 13.2. The van der Waals surface area contributed by atoms with Crippen LogP contribution >= 0.6 is 0 Å². The van der Waals surface area contributed by atoms with E-state index in [-0.39, 0.29) is 11.4 Å². The van der Waals surface area contributed by atoms with Crippen LogP contribution in [0, 0.1) is 0 Å². The minimum Gasteiger partial charge on any atom is -0.291 e. The van der Waals surface area contributed by atoms with Crippen molar-refractivity contribution in [3.63, 3.8) is 0 Å². The summed E-state index contributed by atoms with van der Waals surface area (Å²) in [6.07, 6.45) is -3.09. The number of hydrogen-bond acceptors (Lipinski definition) is 3. The van der Waals surface area contributed by atoms with E-state index < -0.39 is 11.7 Å². The third kappa shape index (κ3) is 3.35. The lowest BCUT2D eigenvalue weighted by molar-refractivity contribution is -0.137. The summed E-state index contributed by atoms with van der Waals surface area (Å²) < 4.78 is 41.5. The number of fused-ring (bicyclic) bond motifs is 1. The Bertz CT molecular complexity index is 903. The molecule has 3 heterocycles. The van der Waals surface area contributed by atoms with Gasteiger partial charge in [-0.15, -0.1) is 0 Å². The van der Waals surface area contributed by atoms with E-state index in [1.54, 1.807) is 10.7 Å². The molecule has 0 atom stereocenters. The van der Waals surface area contributed by atoms with Gasteiger partial charge in [-0.3, -0.25) is 14.6 Å². The topological polar surface area (TPSA) is 34.0 Å². The van der Waals surface area contributed by atoms with Crippen LogP contribution in [0.15, 0.2) is 54.7 Å². The second-order valence-electron chi connectivity index (χ2n) is 6.34. The number of aromatic nitrogens is 3. The molecule has 0 aliphatic carbocycles. The monoisotopic (exact) mass is 358 g/mol. The van der Waals surface area contributed by atoms with Crippen LogP contribution in [0.2, 0.25) is 0 Å². The van der Waals surface area contributed by atoms with E-state index in [2.05, 4.69) is 27.1 Å². The zero-order valence-electron chi connectivity index (χ0n) is 13.9. The molecule has 0 radical (unpaired) electrons. The van der Waals surface area contributed by atoms with Crippen molar-refractivity contribution >= 4 is 0 Å². The van der Waals surface area contributed by atoms with Crippen molar-refractivity contribution in [2.75, 3.05) is 6.54 Å². The van der Waals surface area contributed by atoms with Crippen molar-refractivity contribution in [1.29, 1.82) is 0 Å². The van der Waals surface area contributed by atoms with Crippen LogP contribution in [0.1, 0.15) is 16.8 Å². The van der Waals surface area contributed by atoms with E-state index in [9.17, 15) is 13.2 Å². The number of nitrogens with zero attached hydrogens (tertiary/aromatic N) is 4. The molecule has 3 aromatic rings. The summed E-state index contributed by atoms with van der Waals surface area (Å²) in [6, 6.07) is 14.2. The van der Waals surface area contributed by atoms with Gasteiger partial charge in [-0.25, -0.2) is 0 Å². The lowest BCUT2D eigenvalue weighted by Crippen LogP contribution is -2.33. The Morgan fingerprint density at radius 1 is 1.00 bits per heavy atom. The highest BCUT2D eigenvalue weighted by molar-refractivity contribution is 5.60. The largest absolute Gasteiger partial charge is 0.418 e. The van der Waals surface area contributed by atoms with Gasteiger partial charge in [-0.2, -0.15) is 18.3 Å². The van der Waals surface area contributed by atoms with Crippen molar-refractivity contribution in [3.05, 3.63) is 71.5 Å². The van der Waals surface area contributed by atoms with Crippen molar-refractivity contribution in [2.45, 2.75) is 25.8 Å². The predicted molar refractivity (Wildman–Crippen MR) is 91.0 cm³/mol. The first-order valence-corrected chi connectivity index (χ1v) is 8.36. The van der Waals surface area contributed by atoms with Gasteiger partial charge in [0.15, 0.2) is 0 Å². The molecular weight excluding hydrogens is 341 g/mol. The molecule has 1 aliphatic rings. The normalized spacial score (nSPS) is 15.0. The molecular formula is C19H17F3N4. The Labute approximate surface area is 148 Å². The Balaban J connectivity index is 1.59. The number of halogens is 3. The number of rotatable bonds is 3. The lowest BCUT2D eigenvalue weighted by Gasteiger charge is -2.27. The van der Waals surface area contributed by atoms with Crippen molar-refractivity contribution in [2.24, 2.45) is 0 Å². The average molecular weight is 358 g/mol. The fourth-order valence-electron chi connectivity index (χ4n) is 3.25. The number of hydrogen-bond donors (Lipinski definition) is 0. The molecule has 4 rings (SSSR count). The number of pyridine rings is 1. The number of benzene rings is 1. The first kappa shape index (κ1) is 16.8. The van der Waals surface area contributed by atoms with Gasteiger partial charge in [0.25, 0.3) is 0 Å². The SMILES string of the molecule is FC(F)(F)c1cccnc1-c1cc2n(n1)CCN(Cc1ccccc1)C2. The van der Waals surface area contributed by atoms with Gasteiger partial charge in [0.1, 0.15) is 11.4 Å². The molecule has 1 aliphatic heterocycles. The fraction of sp³-hybridized carbons (Fsp3) is 0.263. The maximum atomic E-state index is 13.2. The van der Waals surface area contributed by atoms with E-state index in [1.165, 1.54) is 17.8 Å². The summed E-state index contributed by atoms with van der Waals surface area (Å²) in [6.45, 7) is 2.91. The van der Waals surface area contributed by atoms with Gasteiger partial charge in [-0.05, 0) is 23.8 Å². The van der Waals surface area contributed by atoms with Crippen LogP contribution in [0.3, 0.4) is 0 Å². The maximum Gasteiger partial charge on any atom is 0.418 e. The third-order valence-corrected chi connectivity index (χ3v) is 4.48. The van der Waals surface area contributed by atoms with E-state index in [0.29, 0.717) is 13.1 Å². The highest BCUT2D eigenvalue weighted by Crippen LogP contribution is 2.35. The Hall–Kier alpha value is -2.67. The van der Waals surface area contributed by atoms with Crippen LogP contribution in [0.4, 0.5) is 13.2 Å². The summed E-state index contributed by atoms with van der Waals surface area (Å²) in [5.74, 6) is 0. The van der Waals surface area contributed by atoms with Gasteiger partial charge in [0.05, 0.1) is 17.8 Å². The summed E-state index contributed by atoms with van der Waals surface area (Å²) in [4.78, 5) is 6.20. The van der Waals surface area contributed by atoms with Crippen molar-refractivity contribution in [1.82, 2.24) is 19.7 Å². The molecule has 0 unspecified atom stereocenters. The van der Waals surface area contributed by atoms with Crippen molar-refractivity contribution in [3.8, 4) is 11.4 Å². The third-order valence-electron chi connectivity index (χ3n) is 4.48. The smallest absolute Gasteiger partial charge is 0.291 e. The number of alkyl halides is 3. The van der Waals surface area contributed by atoms with E-state index in [0.717, 1.165) is 24.8 Å². The molecule has 26 heavy (non-hydrogen) atoms. The molecule has 2 aromatic heterocycles. The summed E-state index contributed by atoms with van der Waals surface area (Å²) >= 11 is 0. The molecule has 7 heteroatoms. The molecule has 0 saturated heterocycles. The summed E-state index contributed by atoms with van der Waals surface area (Å²) in [5, 5.41) is 4.36.